The van der Waals surface area contributed by atoms with Crippen LogP contribution in [0.4, 0.5) is 10.5 Å². The maximum atomic E-state index is 12.7. The monoisotopic (exact) mass is 480 g/mol. The van der Waals surface area contributed by atoms with Gasteiger partial charge in [0.2, 0.25) is 0 Å². The lowest BCUT2D eigenvalue weighted by Crippen LogP contribution is -2.32. The molecular weight excluding hydrogens is 460 g/mol. The molecule has 2 amide bonds. The van der Waals surface area contributed by atoms with Gasteiger partial charge in [-0.05, 0) is 55.1 Å². The molecule has 34 heavy (non-hydrogen) atoms. The van der Waals surface area contributed by atoms with Crippen molar-refractivity contribution in [2.24, 2.45) is 0 Å². The maximum absolute atomic E-state index is 12.7. The van der Waals surface area contributed by atoms with Crippen LogP contribution in [0.25, 0.3) is 17.4 Å². The summed E-state index contributed by atoms with van der Waals surface area (Å²) in [7, 11) is 1.53. The van der Waals surface area contributed by atoms with Crippen LogP contribution in [0, 0.1) is 17.0 Å². The van der Waals surface area contributed by atoms with E-state index in [1.807, 2.05) is 6.07 Å². The number of rotatable bonds is 8. The number of methoxy groups -OCH3 is 1. The van der Waals surface area contributed by atoms with Gasteiger partial charge in [0.25, 0.3) is 16.8 Å². The number of nitrogens with zero attached hydrogens (tertiary/aromatic N) is 2. The number of nitro groups is 1. The van der Waals surface area contributed by atoms with Crippen LogP contribution < -0.4 is 9.47 Å². The summed E-state index contributed by atoms with van der Waals surface area (Å²) in [6.45, 7) is 1.86. The highest BCUT2D eigenvalue weighted by molar-refractivity contribution is 8.18. The zero-order valence-electron chi connectivity index (χ0n) is 18.3. The Morgan fingerprint density at radius 2 is 1.88 bits per heavy atom. The number of carbonyl (C=O) groups is 2. The second-order valence-corrected chi connectivity index (χ2v) is 8.29. The van der Waals surface area contributed by atoms with Crippen LogP contribution in [-0.4, -0.2) is 41.2 Å². The van der Waals surface area contributed by atoms with Gasteiger partial charge in [0.1, 0.15) is 18.1 Å². The van der Waals surface area contributed by atoms with Crippen LogP contribution in [0.1, 0.15) is 11.3 Å². The van der Waals surface area contributed by atoms with E-state index in [1.54, 1.807) is 49.4 Å². The number of aryl methyl sites for hydroxylation is 1. The van der Waals surface area contributed by atoms with Crippen molar-refractivity contribution in [3.8, 4) is 22.8 Å². The molecule has 1 fully saturated rings. The van der Waals surface area contributed by atoms with E-state index in [0.717, 1.165) is 16.7 Å². The van der Waals surface area contributed by atoms with Crippen molar-refractivity contribution >= 4 is 34.7 Å². The van der Waals surface area contributed by atoms with Gasteiger partial charge in [-0.25, -0.2) is 0 Å². The smallest absolute Gasteiger partial charge is 0.293 e. The number of hydrogen-bond acceptors (Lipinski definition) is 8. The van der Waals surface area contributed by atoms with Gasteiger partial charge >= 0.3 is 0 Å². The van der Waals surface area contributed by atoms with E-state index in [0.29, 0.717) is 34.1 Å². The fourth-order valence-corrected chi connectivity index (χ4v) is 4.25. The molecule has 1 saturated heterocycles. The molecule has 0 saturated carbocycles. The van der Waals surface area contributed by atoms with Gasteiger partial charge in [-0.3, -0.25) is 24.6 Å². The van der Waals surface area contributed by atoms with Gasteiger partial charge in [-0.1, -0.05) is 12.1 Å². The fourth-order valence-electron chi connectivity index (χ4n) is 3.41. The number of thioether (sulfide) groups is 1. The molecule has 0 unspecified atom stereocenters. The highest BCUT2D eigenvalue weighted by atomic mass is 32.2. The summed E-state index contributed by atoms with van der Waals surface area (Å²) in [5.74, 6) is 1.55. The zero-order chi connectivity index (χ0) is 24.2. The molecular formula is C24H20N2O7S. The number of para-hydroxylation sites is 2. The minimum absolute atomic E-state index is 0.0268. The van der Waals surface area contributed by atoms with E-state index in [1.165, 1.54) is 19.3 Å². The van der Waals surface area contributed by atoms with Crippen LogP contribution in [0.2, 0.25) is 0 Å². The van der Waals surface area contributed by atoms with Crippen molar-refractivity contribution in [3.05, 3.63) is 80.9 Å². The van der Waals surface area contributed by atoms with Gasteiger partial charge in [-0.2, -0.15) is 0 Å². The molecule has 174 valence electrons. The lowest BCUT2D eigenvalue weighted by Gasteiger charge is -2.14. The van der Waals surface area contributed by atoms with Gasteiger partial charge in [0.15, 0.2) is 11.5 Å². The molecule has 0 aliphatic carbocycles. The molecule has 0 N–H and O–H groups in total. The Hall–Kier alpha value is -4.05. The molecule has 0 bridgehead atoms. The van der Waals surface area contributed by atoms with E-state index in [9.17, 15) is 19.7 Å². The lowest BCUT2D eigenvalue weighted by atomic mass is 10.1. The molecule has 0 atom stereocenters. The Morgan fingerprint density at radius 1 is 1.12 bits per heavy atom. The van der Waals surface area contributed by atoms with Gasteiger partial charge in [0, 0.05) is 23.3 Å². The van der Waals surface area contributed by atoms with Crippen molar-refractivity contribution < 1.29 is 28.4 Å². The first kappa shape index (κ1) is 23.1. The highest BCUT2D eigenvalue weighted by Crippen LogP contribution is 2.34. The first-order valence-corrected chi connectivity index (χ1v) is 11.1. The van der Waals surface area contributed by atoms with Crippen molar-refractivity contribution in [2.45, 2.75) is 6.92 Å². The Kier molecular flexibility index (Phi) is 6.69. The van der Waals surface area contributed by atoms with E-state index < -0.39 is 16.1 Å². The Balaban J connectivity index is 1.43. The maximum Gasteiger partial charge on any atom is 0.293 e. The third-order valence-corrected chi connectivity index (χ3v) is 6.00. The topological polar surface area (TPSA) is 112 Å². The summed E-state index contributed by atoms with van der Waals surface area (Å²) in [4.78, 5) is 37.0. The summed E-state index contributed by atoms with van der Waals surface area (Å²) in [5.41, 5.74) is 1.21. The molecule has 0 spiro atoms. The average molecular weight is 480 g/mol. The largest absolute Gasteiger partial charge is 0.493 e. The fraction of sp³-hybridized carbons (Fsp3) is 0.167. The molecule has 10 heteroatoms. The Bertz CT molecular complexity index is 1300. The normalized spacial score (nSPS) is 14.6. The second kappa shape index (κ2) is 9.84. The first-order valence-electron chi connectivity index (χ1n) is 10.2. The average Bonchev–Trinajstić information content (AvgIpc) is 3.39. The number of hydrogen-bond donors (Lipinski definition) is 0. The van der Waals surface area contributed by atoms with Gasteiger partial charge < -0.3 is 13.9 Å². The Labute approximate surface area is 199 Å². The molecule has 3 aromatic rings. The second-order valence-electron chi connectivity index (χ2n) is 7.29. The Morgan fingerprint density at radius 3 is 2.59 bits per heavy atom. The third-order valence-electron chi connectivity index (χ3n) is 5.09. The van der Waals surface area contributed by atoms with Crippen LogP contribution >= 0.6 is 11.8 Å². The minimum Gasteiger partial charge on any atom is -0.493 e. The van der Waals surface area contributed by atoms with Crippen molar-refractivity contribution in [1.29, 1.82) is 0 Å². The van der Waals surface area contributed by atoms with Gasteiger partial charge in [0.05, 0.1) is 23.5 Å². The standard InChI is InChI=1S/C24H20N2O7S/c1-15-13-16(7-9-18(15)26(29)30)19-10-8-17(33-19)14-22-23(27)25(24(28)34-22)11-12-32-21-6-4-3-5-20(21)31-2/h3-10,13-14H,11-12H2,1-2H3/b22-14-. The zero-order valence-corrected chi connectivity index (χ0v) is 19.2. The molecule has 0 radical (unpaired) electrons. The number of nitro benzene ring substituents is 1. The first-order chi connectivity index (χ1) is 16.4. The van der Waals surface area contributed by atoms with Crippen LogP contribution in [0.15, 0.2) is 63.9 Å². The van der Waals surface area contributed by atoms with Crippen molar-refractivity contribution in [2.75, 3.05) is 20.3 Å². The van der Waals surface area contributed by atoms with Crippen molar-refractivity contribution in [3.63, 3.8) is 0 Å². The molecule has 4 rings (SSSR count). The van der Waals surface area contributed by atoms with Crippen molar-refractivity contribution in [1.82, 2.24) is 4.90 Å². The molecule has 2 heterocycles. The molecule has 1 aromatic heterocycles. The lowest BCUT2D eigenvalue weighted by molar-refractivity contribution is -0.385. The van der Waals surface area contributed by atoms with E-state index in [4.69, 9.17) is 13.9 Å². The van der Waals surface area contributed by atoms with Crippen LogP contribution in [0.5, 0.6) is 11.5 Å². The predicted molar refractivity (Wildman–Crippen MR) is 127 cm³/mol. The number of furan rings is 1. The number of imide groups is 1. The van der Waals surface area contributed by atoms with Gasteiger partial charge in [-0.15, -0.1) is 0 Å². The summed E-state index contributed by atoms with van der Waals surface area (Å²) in [6.07, 6.45) is 1.51. The number of ether oxygens (including phenoxy) is 2. The molecule has 1 aliphatic rings. The van der Waals surface area contributed by atoms with E-state index in [-0.39, 0.29) is 23.7 Å². The number of carbonyl (C=O) groups excluding carboxylic acids is 2. The highest BCUT2D eigenvalue weighted by Gasteiger charge is 2.35. The van der Waals surface area contributed by atoms with E-state index in [2.05, 4.69) is 0 Å². The molecule has 9 nitrogen and oxygen atoms in total. The SMILES string of the molecule is COc1ccccc1OCCN1C(=O)S/C(=C\c2ccc(-c3ccc([N+](=O)[O-])c(C)c3)o2)C1=O. The quantitative estimate of drug-likeness (QED) is 0.243. The molecule has 1 aliphatic heterocycles. The summed E-state index contributed by atoms with van der Waals surface area (Å²) < 4.78 is 16.7. The summed E-state index contributed by atoms with van der Waals surface area (Å²) >= 11 is 0.827. The van der Waals surface area contributed by atoms with Crippen LogP contribution in [-0.2, 0) is 4.79 Å². The molecule has 2 aromatic carbocycles. The third kappa shape index (κ3) is 4.81. The summed E-state index contributed by atoms with van der Waals surface area (Å²) in [6, 6.07) is 15.2. The number of amides is 2. The number of benzene rings is 2. The summed E-state index contributed by atoms with van der Waals surface area (Å²) in [5, 5.41) is 10.6. The predicted octanol–water partition coefficient (Wildman–Crippen LogP) is 5.29. The van der Waals surface area contributed by atoms with E-state index >= 15 is 0 Å². The van der Waals surface area contributed by atoms with Crippen LogP contribution in [0.3, 0.4) is 0 Å². The minimum atomic E-state index is -0.440.